The van der Waals surface area contributed by atoms with Crippen LogP contribution >= 0.6 is 15.6 Å². The molecule has 103 heavy (non-hydrogen) atoms. The summed E-state index contributed by atoms with van der Waals surface area (Å²) in [6.07, 6.45) is 92.5. The third-order valence-corrected chi connectivity index (χ3v) is 19.1. The van der Waals surface area contributed by atoms with E-state index in [1.807, 2.05) is 0 Å². The fraction of sp³-hybridized carbons (Fsp3) is 0.729. The van der Waals surface area contributed by atoms with Crippen molar-refractivity contribution in [3.63, 3.8) is 0 Å². The smallest absolute Gasteiger partial charge is 0.463 e. The Bertz CT molecular complexity index is 2360. The molecule has 0 radical (unpaired) electrons. The van der Waals surface area contributed by atoms with Crippen molar-refractivity contribution in [2.24, 2.45) is 0 Å². The van der Waals surface area contributed by atoms with Gasteiger partial charge in [-0.2, -0.15) is 0 Å². The van der Waals surface area contributed by atoms with E-state index in [1.165, 1.54) is 128 Å². The van der Waals surface area contributed by atoms with Gasteiger partial charge in [-0.15, -0.1) is 0 Å². The van der Waals surface area contributed by atoms with Gasteiger partial charge in [0, 0.05) is 19.3 Å². The Morgan fingerprint density at radius 2 is 0.515 bits per heavy atom. The van der Waals surface area contributed by atoms with Gasteiger partial charge in [-0.1, -0.05) is 335 Å². The zero-order valence-corrected chi connectivity index (χ0v) is 66.7. The summed E-state index contributed by atoms with van der Waals surface area (Å²) < 4.78 is 61.2. The molecule has 0 aromatic heterocycles. The molecule has 0 aliphatic rings. The quantitative estimate of drug-likeness (QED) is 0.0146. The maximum Gasteiger partial charge on any atom is 0.472 e. The summed E-state index contributed by atoms with van der Waals surface area (Å²) >= 11 is 0. The molecule has 0 heterocycles. The molecular weight excluding hydrogens is 1340 g/mol. The van der Waals surface area contributed by atoms with Crippen LogP contribution in [0.3, 0.4) is 0 Å². The number of unbranched alkanes of at least 4 members (excludes halogenated alkanes) is 34. The molecule has 0 aliphatic heterocycles. The summed E-state index contributed by atoms with van der Waals surface area (Å²) in [6.45, 7) is 2.48. The molecule has 0 aliphatic carbocycles. The van der Waals surface area contributed by atoms with Gasteiger partial charge in [0.25, 0.3) is 0 Å². The minimum absolute atomic E-state index is 0.104. The molecule has 0 aromatic rings. The first-order valence-corrected chi connectivity index (χ1v) is 43.8. The number of allylic oxidation sites excluding steroid dienone is 20. The highest BCUT2D eigenvalue weighted by Crippen LogP contribution is 2.45. The van der Waals surface area contributed by atoms with E-state index in [0.717, 1.165) is 154 Å². The predicted molar refractivity (Wildman–Crippen MR) is 427 cm³/mol. The van der Waals surface area contributed by atoms with E-state index >= 15 is 0 Å². The van der Waals surface area contributed by atoms with Gasteiger partial charge in [0.2, 0.25) is 0 Å². The molecule has 0 saturated carbocycles. The molecule has 0 rings (SSSR count). The predicted octanol–water partition coefficient (Wildman–Crippen LogP) is 24.1. The summed E-state index contributed by atoms with van der Waals surface area (Å²) in [5.41, 5.74) is 0. The third-order valence-electron chi connectivity index (χ3n) is 17.2. The second-order valence-corrected chi connectivity index (χ2v) is 30.1. The highest BCUT2D eigenvalue weighted by atomic mass is 31.2. The lowest BCUT2D eigenvalue weighted by Gasteiger charge is -2.21. The number of hydrogen-bond acceptors (Lipinski definition) is 14. The molecule has 0 spiro atoms. The number of carbonyl (C=O) groups excluding carboxylic acids is 3. The molecule has 0 fully saturated rings. The van der Waals surface area contributed by atoms with Gasteiger partial charge < -0.3 is 34.2 Å². The van der Waals surface area contributed by atoms with Gasteiger partial charge in [-0.05, 0) is 109 Å². The monoisotopic (exact) mass is 1490 g/mol. The molecule has 0 aromatic carbocycles. The van der Waals surface area contributed by atoms with Crippen LogP contribution in [0.25, 0.3) is 0 Å². The zero-order valence-electron chi connectivity index (χ0n) is 65.0. The first-order valence-electron chi connectivity index (χ1n) is 40.8. The van der Waals surface area contributed by atoms with Crippen LogP contribution in [0.15, 0.2) is 122 Å². The van der Waals surface area contributed by atoms with Crippen molar-refractivity contribution in [2.75, 3.05) is 39.6 Å². The standard InChI is InChI=1S/C85H148O16P2/c1-4-7-10-13-16-19-22-25-27-29-31-33-35-36-37-38-39-40-41-42-44-46-47-49-51-54-56-59-62-65-68-71-83(88)95-74-80(86)75-97-102(91,92)98-76-81(87)77-99-103(93,94)100-79-82(101-85(90)73-70-67-64-61-58-53-24-21-18-15-12-9-6-3)78-96-84(89)72-69-66-63-60-57-55-52-50-48-45-43-34-32-30-28-26-23-20-17-14-11-8-5-2/h7-8,10-11,16-17,19-20,25-28,31-34,36-37,45,48,80-82,86-87H,4-6,9,12-15,18,21-24,29-30,35,38-44,46-47,49-79H2,1-3H3,(H,91,92)(H,93,94)/b10-7-,11-8-,19-16-,20-17-,27-25-,28-26-,33-31-,34-32-,37-36-,48-45-. The topological polar surface area (TPSA) is 231 Å². The average molecular weight is 1490 g/mol. The van der Waals surface area contributed by atoms with E-state index in [2.05, 4.69) is 142 Å². The number of esters is 3. The summed E-state index contributed by atoms with van der Waals surface area (Å²) in [5, 5.41) is 20.6. The van der Waals surface area contributed by atoms with Crippen molar-refractivity contribution in [2.45, 2.75) is 360 Å². The fourth-order valence-corrected chi connectivity index (χ4v) is 12.6. The van der Waals surface area contributed by atoms with Crippen LogP contribution in [-0.2, 0) is 55.8 Å². The molecular formula is C85H148O16P2. The number of aliphatic hydroxyl groups excluding tert-OH is 2. The summed E-state index contributed by atoms with van der Waals surface area (Å²) in [7, 11) is -9.79. The van der Waals surface area contributed by atoms with Crippen LogP contribution < -0.4 is 0 Å². The third kappa shape index (κ3) is 78.8. The molecule has 0 saturated heterocycles. The molecule has 5 atom stereocenters. The van der Waals surface area contributed by atoms with Gasteiger partial charge in [-0.25, -0.2) is 9.13 Å². The molecule has 4 N–H and O–H groups in total. The Balaban J connectivity index is 4.45. The van der Waals surface area contributed by atoms with Gasteiger partial charge in [0.05, 0.1) is 26.4 Å². The van der Waals surface area contributed by atoms with Crippen molar-refractivity contribution in [3.05, 3.63) is 122 Å². The number of hydrogen-bond donors (Lipinski definition) is 4. The summed E-state index contributed by atoms with van der Waals surface area (Å²) in [6, 6.07) is 0. The second-order valence-electron chi connectivity index (χ2n) is 27.2. The number of phosphoric acid groups is 2. The zero-order chi connectivity index (χ0) is 75.2. The maximum atomic E-state index is 13.0. The van der Waals surface area contributed by atoms with E-state index in [4.69, 9.17) is 32.3 Å². The highest BCUT2D eigenvalue weighted by molar-refractivity contribution is 7.47. The van der Waals surface area contributed by atoms with Gasteiger partial charge in [0.15, 0.2) is 6.10 Å². The highest BCUT2D eigenvalue weighted by Gasteiger charge is 2.29. The SMILES string of the molecule is CC/C=C\C/C=C\C/C=C\C/C=C\C/C=C\CCCCCCCCCCCCCCCCCC(=O)OCC(O)COP(=O)(O)OCC(O)COP(=O)(O)OCC(COC(=O)CCCCCCCCC/C=C\C/C=C\C/C=C\C/C=C\C/C=C\CC)OC(=O)CCCCCCCCCCCCCCC. The van der Waals surface area contributed by atoms with Crippen molar-refractivity contribution < 1.29 is 75.8 Å². The first-order chi connectivity index (χ1) is 50.2. The Labute approximate surface area is 627 Å². The second kappa shape index (κ2) is 77.6. The first kappa shape index (κ1) is 98.9. The van der Waals surface area contributed by atoms with Crippen molar-refractivity contribution >= 4 is 33.6 Å². The van der Waals surface area contributed by atoms with Crippen LogP contribution in [0.5, 0.6) is 0 Å². The largest absolute Gasteiger partial charge is 0.472 e. The molecule has 5 unspecified atom stereocenters. The minimum atomic E-state index is -4.93. The Morgan fingerprint density at radius 3 is 0.816 bits per heavy atom. The Morgan fingerprint density at radius 1 is 0.282 bits per heavy atom. The summed E-state index contributed by atoms with van der Waals surface area (Å²) in [4.78, 5) is 58.7. The van der Waals surface area contributed by atoms with Gasteiger partial charge in [0.1, 0.15) is 25.4 Å². The number of ether oxygens (including phenoxy) is 3. The lowest BCUT2D eigenvalue weighted by molar-refractivity contribution is -0.161. The minimum Gasteiger partial charge on any atom is -0.463 e. The lowest BCUT2D eigenvalue weighted by Crippen LogP contribution is -2.30. The average Bonchev–Trinajstić information content (AvgIpc) is 0.914. The van der Waals surface area contributed by atoms with E-state index < -0.39 is 91.5 Å². The van der Waals surface area contributed by atoms with Crippen LogP contribution in [-0.4, -0.2) is 95.9 Å². The molecule has 0 amide bonds. The number of rotatable bonds is 77. The molecule has 594 valence electrons. The molecule has 18 heteroatoms. The number of carbonyl (C=O) groups is 3. The van der Waals surface area contributed by atoms with E-state index in [0.29, 0.717) is 19.3 Å². The van der Waals surface area contributed by atoms with Crippen LogP contribution in [0, 0.1) is 0 Å². The van der Waals surface area contributed by atoms with E-state index in [9.17, 15) is 43.5 Å². The lowest BCUT2D eigenvalue weighted by atomic mass is 10.0. The van der Waals surface area contributed by atoms with E-state index in [-0.39, 0.29) is 19.3 Å². The van der Waals surface area contributed by atoms with Crippen molar-refractivity contribution in [3.8, 4) is 0 Å². The fourth-order valence-electron chi connectivity index (χ4n) is 11.0. The van der Waals surface area contributed by atoms with Gasteiger partial charge in [-0.3, -0.25) is 32.5 Å². The Hall–Kier alpha value is -4.05. The van der Waals surface area contributed by atoms with Crippen LogP contribution in [0.1, 0.15) is 342 Å². The molecule has 0 bridgehead atoms. The number of phosphoric ester groups is 2. The summed E-state index contributed by atoms with van der Waals surface area (Å²) in [5.74, 6) is -1.58. The van der Waals surface area contributed by atoms with Gasteiger partial charge >= 0.3 is 33.6 Å². The Kier molecular flexibility index (Phi) is 74.5. The number of aliphatic hydroxyl groups is 2. The maximum absolute atomic E-state index is 13.0. The van der Waals surface area contributed by atoms with Crippen molar-refractivity contribution in [1.29, 1.82) is 0 Å². The van der Waals surface area contributed by atoms with Crippen LogP contribution in [0.2, 0.25) is 0 Å². The van der Waals surface area contributed by atoms with Crippen LogP contribution in [0.4, 0.5) is 0 Å². The van der Waals surface area contributed by atoms with Crippen molar-refractivity contribution in [1.82, 2.24) is 0 Å². The van der Waals surface area contributed by atoms with E-state index in [1.54, 1.807) is 0 Å². The molecule has 16 nitrogen and oxygen atoms in total. The normalized spacial score (nSPS) is 14.6.